The molecule has 1 N–H and O–H groups in total. The zero-order valence-electron chi connectivity index (χ0n) is 18.8. The summed E-state index contributed by atoms with van der Waals surface area (Å²) in [5, 5.41) is 10.7. The van der Waals surface area contributed by atoms with E-state index in [1.165, 1.54) is 38.5 Å². The van der Waals surface area contributed by atoms with Gasteiger partial charge in [0, 0.05) is 0 Å². The standard InChI is InChI=1S/C26H38N2O3/c29-22-13-27(23(30)25-7-16-1-17(8-25)3-18(2-16)9-25)15-28(14-22)24(31)26-10-19-4-20(11-26)6-21(5-19)12-26/h16-22,29H,1-15H2. The second-order valence-corrected chi connectivity index (χ2v) is 13.2. The molecule has 5 heteroatoms. The normalized spacial score (nSPS) is 52.1. The summed E-state index contributed by atoms with van der Waals surface area (Å²) < 4.78 is 0. The Morgan fingerprint density at radius 2 is 0.871 bits per heavy atom. The molecule has 1 aliphatic heterocycles. The topological polar surface area (TPSA) is 60.9 Å². The van der Waals surface area contributed by atoms with Crippen LogP contribution in [0, 0.1) is 46.3 Å². The van der Waals surface area contributed by atoms with E-state index in [0.717, 1.165) is 74.0 Å². The summed E-state index contributed by atoms with van der Waals surface area (Å²) >= 11 is 0. The molecule has 9 fully saturated rings. The Labute approximate surface area is 185 Å². The van der Waals surface area contributed by atoms with Crippen molar-refractivity contribution in [3.63, 3.8) is 0 Å². The fourth-order valence-electron chi connectivity index (χ4n) is 10.6. The number of aliphatic hydroxyl groups excluding tert-OH is 1. The van der Waals surface area contributed by atoms with Crippen molar-refractivity contribution in [3.8, 4) is 0 Å². The zero-order chi connectivity index (χ0) is 21.0. The molecule has 0 aromatic rings. The molecule has 0 atom stereocenters. The van der Waals surface area contributed by atoms with E-state index < -0.39 is 6.10 Å². The van der Waals surface area contributed by atoms with Gasteiger partial charge in [-0.2, -0.15) is 0 Å². The summed E-state index contributed by atoms with van der Waals surface area (Å²) in [5.41, 5.74) is -0.386. The lowest BCUT2D eigenvalue weighted by atomic mass is 9.49. The van der Waals surface area contributed by atoms with Crippen molar-refractivity contribution in [1.82, 2.24) is 9.80 Å². The van der Waals surface area contributed by atoms with Gasteiger partial charge in [0.1, 0.15) is 0 Å². The van der Waals surface area contributed by atoms with Crippen LogP contribution in [-0.2, 0) is 9.59 Å². The van der Waals surface area contributed by atoms with E-state index in [1.807, 2.05) is 9.80 Å². The van der Waals surface area contributed by atoms with E-state index in [4.69, 9.17) is 0 Å². The van der Waals surface area contributed by atoms with Gasteiger partial charge in [-0.25, -0.2) is 0 Å². The predicted octanol–water partition coefficient (Wildman–Crippen LogP) is 3.41. The summed E-state index contributed by atoms with van der Waals surface area (Å²) in [7, 11) is 0. The average molecular weight is 427 g/mol. The Bertz CT molecular complexity index is 672. The third kappa shape index (κ3) is 2.90. The molecule has 9 rings (SSSR count). The van der Waals surface area contributed by atoms with E-state index in [0.29, 0.717) is 19.8 Å². The van der Waals surface area contributed by atoms with Crippen LogP contribution in [0.2, 0.25) is 0 Å². The van der Waals surface area contributed by atoms with Gasteiger partial charge in [-0.05, 0) is 113 Å². The fraction of sp³-hybridized carbons (Fsp3) is 0.923. The van der Waals surface area contributed by atoms with Gasteiger partial charge in [-0.1, -0.05) is 0 Å². The van der Waals surface area contributed by atoms with E-state index in [9.17, 15) is 14.7 Å². The number of rotatable bonds is 2. The zero-order valence-corrected chi connectivity index (χ0v) is 18.8. The molecule has 5 nitrogen and oxygen atoms in total. The third-order valence-electron chi connectivity index (χ3n) is 10.8. The van der Waals surface area contributed by atoms with Crippen LogP contribution < -0.4 is 0 Å². The Morgan fingerprint density at radius 1 is 0.581 bits per heavy atom. The molecular formula is C26H38N2O3. The lowest BCUT2D eigenvalue weighted by Crippen LogP contribution is -2.64. The van der Waals surface area contributed by atoms with Gasteiger partial charge in [-0.3, -0.25) is 9.59 Å². The largest absolute Gasteiger partial charge is 0.389 e. The van der Waals surface area contributed by atoms with E-state index in [2.05, 4.69) is 0 Å². The summed E-state index contributed by atoms with van der Waals surface area (Å²) in [4.78, 5) is 31.6. The van der Waals surface area contributed by atoms with Crippen LogP contribution in [-0.4, -0.2) is 52.6 Å². The van der Waals surface area contributed by atoms with Gasteiger partial charge in [0.2, 0.25) is 11.8 Å². The average Bonchev–Trinajstić information content (AvgIpc) is 2.70. The van der Waals surface area contributed by atoms with Gasteiger partial charge >= 0.3 is 0 Å². The van der Waals surface area contributed by atoms with Crippen molar-refractivity contribution in [2.24, 2.45) is 46.3 Å². The lowest BCUT2D eigenvalue weighted by Gasteiger charge is -2.58. The summed E-state index contributed by atoms with van der Waals surface area (Å²) in [6, 6.07) is 0. The van der Waals surface area contributed by atoms with E-state index >= 15 is 0 Å². The molecule has 2 amide bonds. The number of hydrogen-bond donors (Lipinski definition) is 1. The second kappa shape index (κ2) is 6.48. The van der Waals surface area contributed by atoms with Crippen molar-refractivity contribution < 1.29 is 14.7 Å². The number of nitrogens with zero attached hydrogens (tertiary/aromatic N) is 2. The van der Waals surface area contributed by atoms with Crippen LogP contribution >= 0.6 is 0 Å². The quantitative estimate of drug-likeness (QED) is 0.736. The predicted molar refractivity (Wildman–Crippen MR) is 116 cm³/mol. The highest BCUT2D eigenvalue weighted by Crippen LogP contribution is 2.62. The molecule has 8 saturated carbocycles. The third-order valence-corrected chi connectivity index (χ3v) is 10.8. The van der Waals surface area contributed by atoms with E-state index in [-0.39, 0.29) is 22.6 Å². The van der Waals surface area contributed by atoms with Gasteiger partial charge < -0.3 is 14.9 Å². The molecule has 0 aromatic heterocycles. The highest BCUT2D eigenvalue weighted by Gasteiger charge is 2.58. The first-order chi connectivity index (χ1) is 14.9. The Morgan fingerprint density at radius 3 is 1.16 bits per heavy atom. The molecule has 0 spiro atoms. The van der Waals surface area contributed by atoms with Gasteiger partial charge in [0.05, 0.1) is 36.7 Å². The molecule has 8 aliphatic carbocycles. The van der Waals surface area contributed by atoms with Crippen LogP contribution in [0.3, 0.4) is 0 Å². The SMILES string of the molecule is O=C(N1CC(O)CN(C(=O)C23CC4CC(CC(C4)C2)C3)C1)C12CC3CC(CC(C3)C1)C2. The van der Waals surface area contributed by atoms with Gasteiger partial charge in [0.25, 0.3) is 0 Å². The van der Waals surface area contributed by atoms with Crippen LogP contribution in [0.4, 0.5) is 0 Å². The number of β-amino-alcohol motifs (C(OH)–C–C–N with tert-alkyl or cyclic N) is 1. The maximum absolute atomic E-state index is 13.9. The molecule has 31 heavy (non-hydrogen) atoms. The summed E-state index contributed by atoms with van der Waals surface area (Å²) in [6.45, 7) is 1.23. The Hall–Kier alpha value is -1.10. The minimum Gasteiger partial charge on any atom is -0.389 e. The van der Waals surface area contributed by atoms with Crippen LogP contribution in [0.1, 0.15) is 77.0 Å². The molecule has 170 valence electrons. The van der Waals surface area contributed by atoms with Gasteiger partial charge in [0.15, 0.2) is 0 Å². The smallest absolute Gasteiger partial charge is 0.230 e. The highest BCUT2D eigenvalue weighted by atomic mass is 16.3. The minimum absolute atomic E-state index is 0.193. The number of aliphatic hydroxyl groups is 1. The number of amides is 2. The molecule has 9 aliphatic rings. The van der Waals surface area contributed by atoms with E-state index in [1.54, 1.807) is 0 Å². The first-order valence-electron chi connectivity index (χ1n) is 13.2. The Balaban J connectivity index is 1.12. The Kier molecular flexibility index (Phi) is 4.05. The lowest BCUT2D eigenvalue weighted by molar-refractivity contribution is -0.175. The molecule has 0 aromatic carbocycles. The summed E-state index contributed by atoms with van der Waals surface area (Å²) in [6.07, 6.45) is 13.6. The van der Waals surface area contributed by atoms with Crippen molar-refractivity contribution >= 4 is 11.8 Å². The van der Waals surface area contributed by atoms with Crippen molar-refractivity contribution in [2.45, 2.75) is 83.2 Å². The number of carbonyl (C=O) groups excluding carboxylic acids is 2. The first-order valence-corrected chi connectivity index (χ1v) is 13.2. The molecule has 0 unspecified atom stereocenters. The molecule has 0 radical (unpaired) electrons. The van der Waals surface area contributed by atoms with Crippen LogP contribution in [0.25, 0.3) is 0 Å². The van der Waals surface area contributed by atoms with Gasteiger partial charge in [-0.15, -0.1) is 0 Å². The number of carbonyl (C=O) groups is 2. The monoisotopic (exact) mass is 426 g/mol. The minimum atomic E-state index is -0.607. The fourth-order valence-corrected chi connectivity index (χ4v) is 10.6. The molecular weight excluding hydrogens is 388 g/mol. The van der Waals surface area contributed by atoms with Crippen LogP contribution in [0.5, 0.6) is 0 Å². The molecule has 1 heterocycles. The first kappa shape index (κ1) is 19.4. The summed E-state index contributed by atoms with van der Waals surface area (Å²) in [5.74, 6) is 4.90. The molecule has 8 bridgehead atoms. The maximum Gasteiger partial charge on any atom is 0.230 e. The second-order valence-electron chi connectivity index (χ2n) is 13.2. The highest BCUT2D eigenvalue weighted by molar-refractivity contribution is 5.86. The van der Waals surface area contributed by atoms with Crippen molar-refractivity contribution in [1.29, 1.82) is 0 Å². The van der Waals surface area contributed by atoms with Crippen molar-refractivity contribution in [2.75, 3.05) is 19.8 Å². The van der Waals surface area contributed by atoms with Crippen LogP contribution in [0.15, 0.2) is 0 Å². The van der Waals surface area contributed by atoms with Crippen molar-refractivity contribution in [3.05, 3.63) is 0 Å². The molecule has 1 saturated heterocycles. The maximum atomic E-state index is 13.9. The number of hydrogen-bond acceptors (Lipinski definition) is 3.